The number of rotatable bonds is 6. The van der Waals surface area contributed by atoms with Crippen molar-refractivity contribution >= 4 is 29.3 Å². The van der Waals surface area contributed by atoms with Crippen LogP contribution in [0.2, 0.25) is 0 Å². The molecule has 3 unspecified atom stereocenters. The van der Waals surface area contributed by atoms with Crippen molar-refractivity contribution in [3.05, 3.63) is 29.3 Å². The minimum Gasteiger partial charge on any atom is -0.383 e. The molecule has 4 amide bonds. The highest BCUT2D eigenvalue weighted by molar-refractivity contribution is 6.23. The van der Waals surface area contributed by atoms with Gasteiger partial charge in [-0.1, -0.05) is 20.8 Å². The van der Waals surface area contributed by atoms with Crippen molar-refractivity contribution in [1.82, 2.24) is 10.2 Å². The van der Waals surface area contributed by atoms with Gasteiger partial charge in [0.05, 0.1) is 11.1 Å². The molecule has 8 nitrogen and oxygen atoms in total. The molecule has 1 aromatic rings. The summed E-state index contributed by atoms with van der Waals surface area (Å²) in [7, 11) is 0. The van der Waals surface area contributed by atoms with Gasteiger partial charge in [-0.15, -0.1) is 0 Å². The van der Waals surface area contributed by atoms with E-state index in [1.807, 2.05) is 0 Å². The zero-order valence-corrected chi connectivity index (χ0v) is 16.3. The Bertz CT molecular complexity index is 835. The number of amides is 4. The zero-order chi connectivity index (χ0) is 20.6. The summed E-state index contributed by atoms with van der Waals surface area (Å²) in [6.45, 7) is 6.87. The molecule has 0 radical (unpaired) electrons. The van der Waals surface area contributed by atoms with Gasteiger partial charge in [0.15, 0.2) is 0 Å². The van der Waals surface area contributed by atoms with Gasteiger partial charge < -0.3 is 11.1 Å². The lowest BCUT2D eigenvalue weighted by molar-refractivity contribution is -0.136. The van der Waals surface area contributed by atoms with Gasteiger partial charge in [-0.05, 0) is 36.5 Å². The number of carbonyl (C=O) groups excluding carboxylic acids is 4. The molecule has 3 atom stereocenters. The number of nitrogens with two attached hydrogens (primary N) is 1. The molecule has 2 heterocycles. The van der Waals surface area contributed by atoms with E-state index in [1.165, 1.54) is 0 Å². The number of nitrogens with one attached hydrogen (secondary N) is 2. The third-order valence-corrected chi connectivity index (χ3v) is 5.71. The predicted octanol–water partition coefficient (Wildman–Crippen LogP) is 1.12. The third-order valence-electron chi connectivity index (χ3n) is 5.71. The minimum absolute atomic E-state index is 0.0504. The van der Waals surface area contributed by atoms with Gasteiger partial charge in [0.25, 0.3) is 11.8 Å². The number of hydrogen-bond acceptors (Lipinski definition) is 6. The van der Waals surface area contributed by atoms with E-state index in [9.17, 15) is 19.2 Å². The summed E-state index contributed by atoms with van der Waals surface area (Å²) in [5.74, 6) is -1.25. The lowest BCUT2D eigenvalue weighted by Crippen LogP contribution is -2.54. The molecule has 28 heavy (non-hydrogen) atoms. The van der Waals surface area contributed by atoms with Crippen molar-refractivity contribution in [2.24, 2.45) is 17.6 Å². The van der Waals surface area contributed by atoms with E-state index in [2.05, 4.69) is 31.4 Å². The van der Waals surface area contributed by atoms with Crippen molar-refractivity contribution in [1.29, 1.82) is 0 Å². The van der Waals surface area contributed by atoms with Gasteiger partial charge in [0.1, 0.15) is 6.04 Å². The number of piperidine rings is 1. The molecule has 0 saturated carbocycles. The van der Waals surface area contributed by atoms with E-state index in [0.29, 0.717) is 24.1 Å². The van der Waals surface area contributed by atoms with Gasteiger partial charge in [-0.3, -0.25) is 29.4 Å². The smallest absolute Gasteiger partial charge is 0.262 e. The summed E-state index contributed by atoms with van der Waals surface area (Å²) >= 11 is 0. The van der Waals surface area contributed by atoms with E-state index in [4.69, 9.17) is 5.73 Å². The quantitative estimate of drug-likeness (QED) is 0.630. The maximum absolute atomic E-state index is 12.8. The summed E-state index contributed by atoms with van der Waals surface area (Å²) in [6.07, 6.45) is 0.242. The highest BCUT2D eigenvalue weighted by atomic mass is 16.2. The lowest BCUT2D eigenvalue weighted by Gasteiger charge is -2.27. The van der Waals surface area contributed by atoms with Crippen LogP contribution in [0.1, 0.15) is 54.3 Å². The molecule has 4 N–H and O–H groups in total. The Balaban J connectivity index is 1.75. The number of fused-ring (bicyclic) bond motifs is 1. The predicted molar refractivity (Wildman–Crippen MR) is 104 cm³/mol. The number of nitrogens with zero attached hydrogens (tertiary/aromatic N) is 1. The molecule has 0 aliphatic carbocycles. The molecule has 1 fully saturated rings. The number of anilines is 1. The van der Waals surface area contributed by atoms with Crippen LogP contribution >= 0.6 is 0 Å². The fourth-order valence-electron chi connectivity index (χ4n) is 3.50. The summed E-state index contributed by atoms with van der Waals surface area (Å²) < 4.78 is 0. The van der Waals surface area contributed by atoms with E-state index in [0.717, 1.165) is 4.90 Å². The van der Waals surface area contributed by atoms with Crippen LogP contribution in [0.15, 0.2) is 18.2 Å². The Labute approximate surface area is 163 Å². The molecule has 0 spiro atoms. The fraction of sp³-hybridized carbons (Fsp3) is 0.500. The Hall–Kier alpha value is -2.74. The fourth-order valence-corrected chi connectivity index (χ4v) is 3.50. The molecule has 0 aromatic heterocycles. The van der Waals surface area contributed by atoms with Crippen LogP contribution in [0.25, 0.3) is 0 Å². The van der Waals surface area contributed by atoms with Crippen molar-refractivity contribution in [3.8, 4) is 0 Å². The summed E-state index contributed by atoms with van der Waals surface area (Å²) in [4.78, 5) is 49.9. The van der Waals surface area contributed by atoms with Crippen LogP contribution in [0.3, 0.4) is 0 Å². The maximum Gasteiger partial charge on any atom is 0.262 e. The third kappa shape index (κ3) is 3.64. The molecule has 2 aliphatic rings. The highest BCUT2D eigenvalue weighted by Gasteiger charge is 2.44. The first-order chi connectivity index (χ1) is 13.2. The molecule has 8 heteroatoms. The minimum atomic E-state index is -0.957. The molecular weight excluding hydrogens is 360 g/mol. The van der Waals surface area contributed by atoms with Crippen LogP contribution in [0.5, 0.6) is 0 Å². The first kappa shape index (κ1) is 20.0. The summed E-state index contributed by atoms with van der Waals surface area (Å²) in [5, 5.41) is 5.41. The van der Waals surface area contributed by atoms with Gasteiger partial charge in [0.2, 0.25) is 11.8 Å². The number of imide groups is 2. The normalized spacial score (nSPS) is 21.6. The molecule has 1 aromatic carbocycles. The van der Waals surface area contributed by atoms with E-state index >= 15 is 0 Å². The molecule has 0 bridgehead atoms. The average molecular weight is 386 g/mol. The molecule has 3 rings (SSSR count). The standard InChI is InChI=1S/C20H26N4O4/c1-10(2)11(3)15(21)9-22-12-4-5-13-14(8-12)20(28)24(19(13)27)16-6-7-17(25)23-18(16)26/h4-5,8,10-11,15-16,22H,6-7,9,21H2,1-3H3,(H,23,25,26). The number of carbonyl (C=O) groups is 4. The zero-order valence-electron chi connectivity index (χ0n) is 16.3. The SMILES string of the molecule is CC(C)C(C)C(N)CNc1ccc2c(c1)C(=O)N(C1CCC(=O)NC1=O)C2=O. The van der Waals surface area contributed by atoms with Crippen molar-refractivity contribution in [2.45, 2.75) is 45.7 Å². The van der Waals surface area contributed by atoms with Crippen LogP contribution in [-0.4, -0.2) is 47.2 Å². The van der Waals surface area contributed by atoms with Crippen molar-refractivity contribution in [2.75, 3.05) is 11.9 Å². The Kier molecular flexibility index (Phi) is 5.51. The van der Waals surface area contributed by atoms with E-state index in [1.54, 1.807) is 18.2 Å². The van der Waals surface area contributed by atoms with Crippen LogP contribution in [0, 0.1) is 11.8 Å². The monoisotopic (exact) mass is 386 g/mol. The lowest BCUT2D eigenvalue weighted by atomic mass is 9.91. The summed E-state index contributed by atoms with van der Waals surface area (Å²) in [5.41, 5.74) is 7.42. The van der Waals surface area contributed by atoms with Gasteiger partial charge in [-0.2, -0.15) is 0 Å². The second-order valence-corrected chi connectivity index (χ2v) is 7.86. The topological polar surface area (TPSA) is 122 Å². The molecule has 1 saturated heterocycles. The largest absolute Gasteiger partial charge is 0.383 e. The second-order valence-electron chi connectivity index (χ2n) is 7.86. The van der Waals surface area contributed by atoms with Crippen LogP contribution in [-0.2, 0) is 9.59 Å². The Morgan fingerprint density at radius 3 is 2.46 bits per heavy atom. The highest BCUT2D eigenvalue weighted by Crippen LogP contribution is 2.29. The van der Waals surface area contributed by atoms with E-state index in [-0.39, 0.29) is 30.0 Å². The van der Waals surface area contributed by atoms with Crippen molar-refractivity contribution in [3.63, 3.8) is 0 Å². The van der Waals surface area contributed by atoms with Crippen molar-refractivity contribution < 1.29 is 19.2 Å². The first-order valence-electron chi connectivity index (χ1n) is 9.55. The van der Waals surface area contributed by atoms with Gasteiger partial charge >= 0.3 is 0 Å². The van der Waals surface area contributed by atoms with Gasteiger partial charge in [-0.25, -0.2) is 0 Å². The van der Waals surface area contributed by atoms with Gasteiger partial charge in [0, 0.05) is 24.7 Å². The molecular formula is C20H26N4O4. The molecule has 150 valence electrons. The Morgan fingerprint density at radius 1 is 1.14 bits per heavy atom. The van der Waals surface area contributed by atoms with Crippen LogP contribution in [0.4, 0.5) is 5.69 Å². The second kappa shape index (κ2) is 7.71. The molecule has 2 aliphatic heterocycles. The van der Waals surface area contributed by atoms with Crippen LogP contribution < -0.4 is 16.4 Å². The summed E-state index contributed by atoms with van der Waals surface area (Å²) in [6, 6.07) is 3.92. The maximum atomic E-state index is 12.8. The average Bonchev–Trinajstić information content (AvgIpc) is 2.89. The first-order valence-corrected chi connectivity index (χ1v) is 9.55. The number of benzene rings is 1. The Morgan fingerprint density at radius 2 is 1.82 bits per heavy atom. The van der Waals surface area contributed by atoms with E-state index < -0.39 is 29.7 Å². The number of hydrogen-bond donors (Lipinski definition) is 3.